The molecule has 0 aliphatic heterocycles. The number of nitrogens with zero attached hydrogens (tertiary/aromatic N) is 1. The average Bonchev–Trinajstić information content (AvgIpc) is 2.06. The van der Waals surface area contributed by atoms with E-state index in [1.807, 2.05) is 12.3 Å². The number of nitrogens with two attached hydrogens (primary N) is 1. The maximum absolute atomic E-state index is 5.45. The van der Waals surface area contributed by atoms with Crippen LogP contribution in [0.4, 0.5) is 0 Å². The minimum atomic E-state index is 0.539. The first-order chi connectivity index (χ1) is 5.36. The fourth-order valence-corrected chi connectivity index (χ4v) is 1.08. The van der Waals surface area contributed by atoms with E-state index in [4.69, 9.17) is 5.73 Å². The van der Waals surface area contributed by atoms with Gasteiger partial charge in [-0.1, -0.05) is 13.3 Å². The summed E-state index contributed by atoms with van der Waals surface area (Å²) in [6.07, 6.45) is 4.12. The Morgan fingerprint density at radius 1 is 1.55 bits per heavy atom. The van der Waals surface area contributed by atoms with Gasteiger partial charge < -0.3 is 5.73 Å². The van der Waals surface area contributed by atoms with Crippen molar-refractivity contribution >= 4 is 0 Å². The standard InChI is InChI=1S/C9H14N2/c1-2-3-8-4-5-11-9(6-8)7-10/h4-6H,2-3,7,10H2,1H3. The molecule has 2 heteroatoms. The van der Waals surface area contributed by atoms with Gasteiger partial charge in [-0.2, -0.15) is 0 Å². The second kappa shape index (κ2) is 4.09. The minimum Gasteiger partial charge on any atom is -0.325 e. The van der Waals surface area contributed by atoms with E-state index in [2.05, 4.69) is 18.0 Å². The molecule has 1 aromatic rings. The Kier molecular flexibility index (Phi) is 3.05. The number of hydrogen-bond acceptors (Lipinski definition) is 2. The van der Waals surface area contributed by atoms with Crippen LogP contribution in [0.25, 0.3) is 0 Å². The molecule has 0 spiro atoms. The van der Waals surface area contributed by atoms with Crippen LogP contribution < -0.4 is 5.73 Å². The van der Waals surface area contributed by atoms with Crippen molar-refractivity contribution in [2.75, 3.05) is 0 Å². The molecule has 0 amide bonds. The molecule has 1 rings (SSSR count). The van der Waals surface area contributed by atoms with Crippen LogP contribution in [-0.4, -0.2) is 4.98 Å². The fourth-order valence-electron chi connectivity index (χ4n) is 1.08. The van der Waals surface area contributed by atoms with Crippen LogP contribution in [0.2, 0.25) is 0 Å². The van der Waals surface area contributed by atoms with E-state index in [0.717, 1.165) is 12.1 Å². The maximum Gasteiger partial charge on any atom is 0.0542 e. The number of pyridine rings is 1. The highest BCUT2D eigenvalue weighted by Gasteiger charge is 1.93. The van der Waals surface area contributed by atoms with E-state index in [1.54, 1.807) is 0 Å². The van der Waals surface area contributed by atoms with Crippen molar-refractivity contribution < 1.29 is 0 Å². The van der Waals surface area contributed by atoms with E-state index >= 15 is 0 Å². The molecular weight excluding hydrogens is 136 g/mol. The summed E-state index contributed by atoms with van der Waals surface area (Å²) >= 11 is 0. The van der Waals surface area contributed by atoms with Gasteiger partial charge in [-0.25, -0.2) is 0 Å². The second-order valence-corrected chi connectivity index (χ2v) is 2.61. The topological polar surface area (TPSA) is 38.9 Å². The van der Waals surface area contributed by atoms with Gasteiger partial charge in [-0.3, -0.25) is 4.98 Å². The Morgan fingerprint density at radius 2 is 2.36 bits per heavy atom. The smallest absolute Gasteiger partial charge is 0.0542 e. The van der Waals surface area contributed by atoms with Crippen molar-refractivity contribution in [3.8, 4) is 0 Å². The normalized spacial score (nSPS) is 10.0. The van der Waals surface area contributed by atoms with Crippen molar-refractivity contribution in [2.24, 2.45) is 5.73 Å². The summed E-state index contributed by atoms with van der Waals surface area (Å²) in [5.41, 5.74) is 7.77. The van der Waals surface area contributed by atoms with Crippen LogP contribution in [0.1, 0.15) is 24.6 Å². The molecule has 0 bridgehead atoms. The molecule has 0 radical (unpaired) electrons. The summed E-state index contributed by atoms with van der Waals surface area (Å²) in [7, 11) is 0. The first kappa shape index (κ1) is 8.21. The molecule has 2 N–H and O–H groups in total. The van der Waals surface area contributed by atoms with Gasteiger partial charge in [-0.05, 0) is 24.1 Å². The van der Waals surface area contributed by atoms with Crippen LogP contribution in [0, 0.1) is 0 Å². The first-order valence-electron chi connectivity index (χ1n) is 4.00. The lowest BCUT2D eigenvalue weighted by molar-refractivity contribution is 0.901. The molecule has 1 heterocycles. The van der Waals surface area contributed by atoms with Crippen LogP contribution >= 0.6 is 0 Å². The molecule has 1 aromatic heterocycles. The number of rotatable bonds is 3. The molecule has 0 unspecified atom stereocenters. The van der Waals surface area contributed by atoms with Crippen LogP contribution in [0.5, 0.6) is 0 Å². The molecular formula is C9H14N2. The summed E-state index contributed by atoms with van der Waals surface area (Å²) < 4.78 is 0. The van der Waals surface area contributed by atoms with Gasteiger partial charge in [0.05, 0.1) is 5.69 Å². The van der Waals surface area contributed by atoms with Crippen LogP contribution in [0.3, 0.4) is 0 Å². The molecule has 0 aliphatic rings. The molecule has 0 saturated heterocycles. The first-order valence-corrected chi connectivity index (χ1v) is 4.00. The number of hydrogen-bond donors (Lipinski definition) is 1. The third-order valence-electron chi connectivity index (χ3n) is 1.63. The molecule has 0 aromatic carbocycles. The lowest BCUT2D eigenvalue weighted by Gasteiger charge is -1.99. The van der Waals surface area contributed by atoms with E-state index < -0.39 is 0 Å². The van der Waals surface area contributed by atoms with Gasteiger partial charge in [0.25, 0.3) is 0 Å². The van der Waals surface area contributed by atoms with Gasteiger partial charge in [-0.15, -0.1) is 0 Å². The molecule has 0 saturated carbocycles. The van der Waals surface area contributed by atoms with Crippen molar-refractivity contribution in [3.05, 3.63) is 29.6 Å². The third-order valence-corrected chi connectivity index (χ3v) is 1.63. The summed E-state index contributed by atoms with van der Waals surface area (Å²) in [5, 5.41) is 0. The fraction of sp³-hybridized carbons (Fsp3) is 0.444. The van der Waals surface area contributed by atoms with Crippen LogP contribution in [-0.2, 0) is 13.0 Å². The zero-order valence-corrected chi connectivity index (χ0v) is 6.88. The quantitative estimate of drug-likeness (QED) is 0.709. The van der Waals surface area contributed by atoms with E-state index in [0.29, 0.717) is 6.54 Å². The predicted octanol–water partition coefficient (Wildman–Crippen LogP) is 1.49. The molecule has 11 heavy (non-hydrogen) atoms. The Labute approximate surface area is 67.5 Å². The molecule has 60 valence electrons. The SMILES string of the molecule is CCCc1ccnc(CN)c1. The maximum atomic E-state index is 5.45. The molecule has 0 fully saturated rings. The van der Waals surface area contributed by atoms with Gasteiger partial charge in [0.15, 0.2) is 0 Å². The van der Waals surface area contributed by atoms with Crippen molar-refractivity contribution in [3.63, 3.8) is 0 Å². The van der Waals surface area contributed by atoms with Crippen LogP contribution in [0.15, 0.2) is 18.3 Å². The van der Waals surface area contributed by atoms with Gasteiger partial charge in [0.1, 0.15) is 0 Å². The Morgan fingerprint density at radius 3 is 3.00 bits per heavy atom. The van der Waals surface area contributed by atoms with Gasteiger partial charge in [0.2, 0.25) is 0 Å². The molecule has 2 nitrogen and oxygen atoms in total. The number of aromatic nitrogens is 1. The number of aryl methyl sites for hydroxylation is 1. The predicted molar refractivity (Wildman–Crippen MR) is 46.1 cm³/mol. The third kappa shape index (κ3) is 2.31. The van der Waals surface area contributed by atoms with E-state index in [9.17, 15) is 0 Å². The zero-order chi connectivity index (χ0) is 8.10. The highest BCUT2D eigenvalue weighted by atomic mass is 14.7. The molecule has 0 atom stereocenters. The van der Waals surface area contributed by atoms with E-state index in [-0.39, 0.29) is 0 Å². The van der Waals surface area contributed by atoms with Crippen molar-refractivity contribution in [1.29, 1.82) is 0 Å². The minimum absolute atomic E-state index is 0.539. The summed E-state index contributed by atoms with van der Waals surface area (Å²) in [6.45, 7) is 2.71. The monoisotopic (exact) mass is 150 g/mol. The second-order valence-electron chi connectivity index (χ2n) is 2.61. The highest BCUT2D eigenvalue weighted by molar-refractivity contribution is 5.16. The summed E-state index contributed by atoms with van der Waals surface area (Å²) in [4.78, 5) is 4.12. The zero-order valence-electron chi connectivity index (χ0n) is 6.88. The van der Waals surface area contributed by atoms with Gasteiger partial charge in [0, 0.05) is 12.7 Å². The lowest BCUT2D eigenvalue weighted by atomic mass is 10.1. The Balaban J connectivity index is 2.74. The van der Waals surface area contributed by atoms with E-state index in [1.165, 1.54) is 12.0 Å². The lowest BCUT2D eigenvalue weighted by Crippen LogP contribution is -1.99. The van der Waals surface area contributed by atoms with Gasteiger partial charge >= 0.3 is 0 Å². The van der Waals surface area contributed by atoms with Crippen molar-refractivity contribution in [1.82, 2.24) is 4.98 Å². The highest BCUT2D eigenvalue weighted by Crippen LogP contribution is 2.03. The summed E-state index contributed by atoms with van der Waals surface area (Å²) in [5.74, 6) is 0. The average molecular weight is 150 g/mol. The van der Waals surface area contributed by atoms with Crippen molar-refractivity contribution in [2.45, 2.75) is 26.3 Å². The Bertz CT molecular complexity index is 221. The Hall–Kier alpha value is -0.890. The summed E-state index contributed by atoms with van der Waals surface area (Å²) in [6, 6.07) is 4.12. The largest absolute Gasteiger partial charge is 0.325 e. The molecule has 0 aliphatic carbocycles.